The number of rotatable bonds is 49. The van der Waals surface area contributed by atoms with Gasteiger partial charge in [0.15, 0.2) is 6.10 Å². The van der Waals surface area contributed by atoms with Crippen LogP contribution in [0.4, 0.5) is 0 Å². The topological polar surface area (TPSA) is 61.8 Å². The van der Waals surface area contributed by atoms with Crippen molar-refractivity contribution >= 4 is 11.9 Å². The molecule has 0 aliphatic heterocycles. The Balaban J connectivity index is 4.46. The summed E-state index contributed by atoms with van der Waals surface area (Å²) in [6, 6.07) is 0. The van der Waals surface area contributed by atoms with Crippen LogP contribution in [0.5, 0.6) is 0 Å². The molecule has 5 heteroatoms. The molecule has 0 saturated heterocycles. The molecule has 0 bridgehead atoms. The Kier molecular flexibility index (Phi) is 53.0. The van der Waals surface area contributed by atoms with Crippen molar-refractivity contribution in [1.29, 1.82) is 0 Å². The average Bonchev–Trinajstić information content (AvgIpc) is 3.32. The van der Waals surface area contributed by atoms with E-state index in [1.165, 1.54) is 116 Å². The van der Waals surface area contributed by atoms with Gasteiger partial charge in [-0.1, -0.05) is 239 Å². The van der Waals surface area contributed by atoms with Gasteiger partial charge in [0.1, 0.15) is 6.61 Å². The molecule has 66 heavy (non-hydrogen) atoms. The fraction of sp³-hybridized carbons (Fsp3) is 0.672. The Labute approximate surface area is 408 Å². The van der Waals surface area contributed by atoms with Crippen LogP contribution in [-0.4, -0.2) is 37.9 Å². The van der Waals surface area contributed by atoms with E-state index in [2.05, 4.69) is 124 Å². The lowest BCUT2D eigenvalue weighted by molar-refractivity contribution is -0.162. The van der Waals surface area contributed by atoms with Crippen molar-refractivity contribution in [3.8, 4) is 0 Å². The molecule has 0 aromatic carbocycles. The Morgan fingerprint density at radius 2 is 0.712 bits per heavy atom. The molecule has 0 spiro atoms. The van der Waals surface area contributed by atoms with Gasteiger partial charge in [0, 0.05) is 19.4 Å². The molecule has 0 N–H and O–H groups in total. The molecular formula is C61H102O5. The third kappa shape index (κ3) is 53.2. The van der Waals surface area contributed by atoms with Crippen molar-refractivity contribution in [2.75, 3.05) is 19.8 Å². The molecule has 0 unspecified atom stereocenters. The molecule has 1 atom stereocenters. The zero-order valence-electron chi connectivity index (χ0n) is 43.2. The zero-order valence-corrected chi connectivity index (χ0v) is 43.2. The van der Waals surface area contributed by atoms with Gasteiger partial charge in [-0.2, -0.15) is 0 Å². The van der Waals surface area contributed by atoms with E-state index in [1.807, 2.05) is 6.08 Å². The van der Waals surface area contributed by atoms with E-state index in [0.29, 0.717) is 19.4 Å². The summed E-state index contributed by atoms with van der Waals surface area (Å²) in [6.45, 7) is 7.57. The molecule has 0 rings (SSSR count). The SMILES string of the molecule is CC/C=C\C/C=C\C/C=C\C/C=C\C/C=C\C/C=C\CCC(=O)O[C@H](COCCCCCCCCCCCCCCCCCC)COC(=O)CCCC/C=C\C/C=C\C/C=C\CCCCC. The fourth-order valence-electron chi connectivity index (χ4n) is 7.25. The van der Waals surface area contributed by atoms with E-state index in [0.717, 1.165) is 83.5 Å². The first-order valence-electron chi connectivity index (χ1n) is 27.4. The molecule has 376 valence electrons. The largest absolute Gasteiger partial charge is 0.462 e. The van der Waals surface area contributed by atoms with Crippen molar-refractivity contribution in [2.45, 2.75) is 245 Å². The minimum absolute atomic E-state index is 0.0314. The molecular weight excluding hydrogens is 813 g/mol. The van der Waals surface area contributed by atoms with Gasteiger partial charge < -0.3 is 14.2 Å². The van der Waals surface area contributed by atoms with E-state index in [1.54, 1.807) is 0 Å². The Morgan fingerprint density at radius 3 is 1.15 bits per heavy atom. The Hall–Kier alpha value is -3.44. The maximum Gasteiger partial charge on any atom is 0.306 e. The van der Waals surface area contributed by atoms with Crippen molar-refractivity contribution in [1.82, 2.24) is 0 Å². The maximum absolute atomic E-state index is 12.8. The molecule has 0 aromatic rings. The Bertz CT molecular complexity index is 1310. The lowest BCUT2D eigenvalue weighted by atomic mass is 10.0. The van der Waals surface area contributed by atoms with Crippen LogP contribution in [0.25, 0.3) is 0 Å². The minimum Gasteiger partial charge on any atom is -0.462 e. The minimum atomic E-state index is -0.597. The highest BCUT2D eigenvalue weighted by molar-refractivity contribution is 5.70. The normalized spacial score (nSPS) is 13.1. The standard InChI is InChI=1S/C61H102O5/c1-4-7-10-13-16-19-22-25-28-30-31-32-34-37-40-43-46-49-52-55-61(63)66-59(57-64-56-53-50-47-44-41-38-35-29-26-23-20-17-14-11-8-5-2)58-65-60(62)54-51-48-45-42-39-36-33-27-24-21-18-15-12-9-6-3/h7,10,16,18-19,21,25,27-28,31-33,37,39-40,42,46,49,59H,4-6,8-9,11-15,17,20,22-24,26,29-30,34-36,38,41,43-45,47-48,50-58H2,1-3H3/b10-7-,19-16-,21-18-,28-25-,32-31-,33-27-,40-37-,42-39-,49-46-/t59-/m1/s1. The van der Waals surface area contributed by atoms with Crippen LogP contribution >= 0.6 is 0 Å². The third-order valence-corrected chi connectivity index (χ3v) is 11.3. The summed E-state index contributed by atoms with van der Waals surface area (Å²) >= 11 is 0. The number of allylic oxidation sites excluding steroid dienone is 18. The van der Waals surface area contributed by atoms with Crippen molar-refractivity contribution in [3.05, 3.63) is 109 Å². The van der Waals surface area contributed by atoms with Crippen molar-refractivity contribution in [3.63, 3.8) is 0 Å². The van der Waals surface area contributed by atoms with Crippen LogP contribution in [-0.2, 0) is 23.8 Å². The van der Waals surface area contributed by atoms with Crippen LogP contribution < -0.4 is 0 Å². The number of hydrogen-bond acceptors (Lipinski definition) is 5. The predicted octanol–water partition coefficient (Wildman–Crippen LogP) is 18.8. The van der Waals surface area contributed by atoms with Gasteiger partial charge in [0.05, 0.1) is 6.61 Å². The van der Waals surface area contributed by atoms with Gasteiger partial charge in [-0.15, -0.1) is 0 Å². The summed E-state index contributed by atoms with van der Waals surface area (Å²) < 4.78 is 17.3. The monoisotopic (exact) mass is 915 g/mol. The quantitative estimate of drug-likeness (QED) is 0.0346. The van der Waals surface area contributed by atoms with Crippen LogP contribution in [0.2, 0.25) is 0 Å². The molecule has 0 aliphatic rings. The van der Waals surface area contributed by atoms with Crippen LogP contribution in [0, 0.1) is 0 Å². The number of carbonyl (C=O) groups is 2. The highest BCUT2D eigenvalue weighted by atomic mass is 16.6. The number of unbranched alkanes of at least 4 members (excludes halogenated alkanes) is 20. The van der Waals surface area contributed by atoms with E-state index in [4.69, 9.17) is 14.2 Å². The lowest BCUT2D eigenvalue weighted by Crippen LogP contribution is -2.30. The first kappa shape index (κ1) is 62.6. The van der Waals surface area contributed by atoms with Gasteiger partial charge in [-0.25, -0.2) is 0 Å². The summed E-state index contributed by atoms with van der Waals surface area (Å²) in [5.41, 5.74) is 0. The fourth-order valence-corrected chi connectivity index (χ4v) is 7.25. The molecule has 0 aromatic heterocycles. The number of ether oxygens (including phenoxy) is 3. The molecule has 0 aliphatic carbocycles. The van der Waals surface area contributed by atoms with Crippen LogP contribution in [0.1, 0.15) is 239 Å². The van der Waals surface area contributed by atoms with Gasteiger partial charge >= 0.3 is 11.9 Å². The summed E-state index contributed by atoms with van der Waals surface area (Å²) in [4.78, 5) is 25.4. The number of carbonyl (C=O) groups excluding carboxylic acids is 2. The maximum atomic E-state index is 12.8. The highest BCUT2D eigenvalue weighted by Crippen LogP contribution is 2.14. The van der Waals surface area contributed by atoms with Gasteiger partial charge in [0.2, 0.25) is 0 Å². The lowest BCUT2D eigenvalue weighted by Gasteiger charge is -2.18. The molecule has 5 nitrogen and oxygen atoms in total. The van der Waals surface area contributed by atoms with E-state index in [9.17, 15) is 9.59 Å². The summed E-state index contributed by atoms with van der Waals surface area (Å²) in [5.74, 6) is -0.538. The first-order chi connectivity index (χ1) is 32.6. The van der Waals surface area contributed by atoms with Gasteiger partial charge in [-0.3, -0.25) is 9.59 Å². The van der Waals surface area contributed by atoms with Crippen molar-refractivity contribution in [2.24, 2.45) is 0 Å². The second kappa shape index (κ2) is 55.9. The molecule has 0 heterocycles. The number of hydrogen-bond donors (Lipinski definition) is 0. The third-order valence-electron chi connectivity index (χ3n) is 11.3. The predicted molar refractivity (Wildman–Crippen MR) is 288 cm³/mol. The molecule has 0 fully saturated rings. The van der Waals surface area contributed by atoms with E-state index >= 15 is 0 Å². The van der Waals surface area contributed by atoms with E-state index < -0.39 is 6.10 Å². The second-order valence-corrected chi connectivity index (χ2v) is 17.8. The van der Waals surface area contributed by atoms with Crippen LogP contribution in [0.15, 0.2) is 109 Å². The first-order valence-corrected chi connectivity index (χ1v) is 27.4. The smallest absolute Gasteiger partial charge is 0.306 e. The van der Waals surface area contributed by atoms with Crippen LogP contribution in [0.3, 0.4) is 0 Å². The Morgan fingerprint density at radius 1 is 0.348 bits per heavy atom. The molecule has 0 radical (unpaired) electrons. The van der Waals surface area contributed by atoms with Gasteiger partial charge in [0.25, 0.3) is 0 Å². The molecule has 0 saturated carbocycles. The van der Waals surface area contributed by atoms with Crippen molar-refractivity contribution < 1.29 is 23.8 Å². The van der Waals surface area contributed by atoms with Gasteiger partial charge in [-0.05, 0) is 96.3 Å². The second-order valence-electron chi connectivity index (χ2n) is 17.8. The number of esters is 2. The summed E-state index contributed by atoms with van der Waals surface area (Å²) in [7, 11) is 0. The average molecular weight is 915 g/mol. The summed E-state index contributed by atoms with van der Waals surface area (Å²) in [5, 5.41) is 0. The molecule has 0 amide bonds. The van der Waals surface area contributed by atoms with E-state index in [-0.39, 0.29) is 31.6 Å². The zero-order chi connectivity index (χ0) is 47.7. The summed E-state index contributed by atoms with van der Waals surface area (Å²) in [6.07, 6.45) is 76.9. The highest BCUT2D eigenvalue weighted by Gasteiger charge is 2.17.